The first-order valence-corrected chi connectivity index (χ1v) is 12.4. The highest BCUT2D eigenvalue weighted by atomic mass is 32.2. The van der Waals surface area contributed by atoms with Crippen LogP contribution in [-0.4, -0.2) is 18.6 Å². The second-order valence-electron chi connectivity index (χ2n) is 8.63. The van der Waals surface area contributed by atoms with Crippen LogP contribution in [0.15, 0.2) is 46.2 Å². The molecule has 0 saturated heterocycles. The number of sulfone groups is 1. The summed E-state index contributed by atoms with van der Waals surface area (Å²) >= 11 is 0. The molecule has 0 bridgehead atoms. The standard InChI is InChI=1S/C24H30O4S/c25-21-13-11-19(17-7-3-1-4-8-17)15-23(21)29(27,28)24-16-20(12-14-22(24)26)18-9-5-2-6-10-18/h11-18,25-26H,1-10H2. The Morgan fingerprint density at radius 3 is 1.38 bits per heavy atom. The van der Waals surface area contributed by atoms with Crippen molar-refractivity contribution in [3.8, 4) is 11.5 Å². The zero-order chi connectivity index (χ0) is 20.4. The van der Waals surface area contributed by atoms with Gasteiger partial charge in [0.2, 0.25) is 9.84 Å². The lowest BCUT2D eigenvalue weighted by Crippen LogP contribution is -2.09. The van der Waals surface area contributed by atoms with Crippen LogP contribution in [0, 0.1) is 0 Å². The minimum atomic E-state index is -4.02. The molecule has 0 aromatic heterocycles. The van der Waals surface area contributed by atoms with Crippen LogP contribution in [0.5, 0.6) is 11.5 Å². The first kappa shape index (κ1) is 20.3. The Morgan fingerprint density at radius 2 is 1.00 bits per heavy atom. The van der Waals surface area contributed by atoms with Gasteiger partial charge in [0.05, 0.1) is 0 Å². The van der Waals surface area contributed by atoms with E-state index in [1.165, 1.54) is 25.0 Å². The van der Waals surface area contributed by atoms with Crippen molar-refractivity contribution in [2.24, 2.45) is 0 Å². The molecule has 2 aliphatic carbocycles. The highest BCUT2D eigenvalue weighted by molar-refractivity contribution is 7.91. The van der Waals surface area contributed by atoms with Crippen LogP contribution in [0.3, 0.4) is 0 Å². The quantitative estimate of drug-likeness (QED) is 0.641. The summed E-state index contributed by atoms with van der Waals surface area (Å²) in [4.78, 5) is -0.201. The van der Waals surface area contributed by atoms with Crippen molar-refractivity contribution in [2.75, 3.05) is 0 Å². The number of hydrogen-bond acceptors (Lipinski definition) is 4. The maximum atomic E-state index is 13.4. The highest BCUT2D eigenvalue weighted by Gasteiger charge is 2.28. The minimum Gasteiger partial charge on any atom is -0.507 e. The molecule has 2 saturated carbocycles. The smallest absolute Gasteiger partial charge is 0.213 e. The zero-order valence-electron chi connectivity index (χ0n) is 16.8. The second kappa shape index (κ2) is 8.39. The van der Waals surface area contributed by atoms with Crippen molar-refractivity contribution < 1.29 is 18.6 Å². The Balaban J connectivity index is 1.73. The molecule has 2 aromatic carbocycles. The first-order valence-electron chi connectivity index (χ1n) is 10.9. The van der Waals surface area contributed by atoms with Crippen molar-refractivity contribution in [2.45, 2.75) is 85.8 Å². The molecule has 4 rings (SSSR count). The van der Waals surface area contributed by atoms with E-state index < -0.39 is 9.84 Å². The average molecular weight is 415 g/mol. The summed E-state index contributed by atoms with van der Waals surface area (Å²) in [7, 11) is -4.02. The molecule has 2 fully saturated rings. The van der Waals surface area contributed by atoms with E-state index >= 15 is 0 Å². The third-order valence-electron chi connectivity index (χ3n) is 6.70. The first-order chi connectivity index (χ1) is 14.0. The molecule has 5 heteroatoms. The van der Waals surface area contributed by atoms with Crippen LogP contribution < -0.4 is 0 Å². The van der Waals surface area contributed by atoms with Gasteiger partial charge in [0, 0.05) is 0 Å². The number of rotatable bonds is 4. The van der Waals surface area contributed by atoms with Gasteiger partial charge in [-0.3, -0.25) is 0 Å². The van der Waals surface area contributed by atoms with Crippen molar-refractivity contribution in [3.63, 3.8) is 0 Å². The van der Waals surface area contributed by atoms with Gasteiger partial charge in [-0.15, -0.1) is 0 Å². The fourth-order valence-electron chi connectivity index (χ4n) is 4.99. The minimum absolute atomic E-state index is 0.100. The van der Waals surface area contributed by atoms with Gasteiger partial charge in [-0.25, -0.2) is 8.42 Å². The van der Waals surface area contributed by atoms with E-state index in [0.717, 1.165) is 62.5 Å². The molecule has 2 aliphatic rings. The van der Waals surface area contributed by atoms with Gasteiger partial charge >= 0.3 is 0 Å². The molecular weight excluding hydrogens is 384 g/mol. The Bertz CT molecular complexity index is 895. The third kappa shape index (κ3) is 4.16. The van der Waals surface area contributed by atoms with Crippen molar-refractivity contribution in [1.82, 2.24) is 0 Å². The zero-order valence-corrected chi connectivity index (χ0v) is 17.6. The van der Waals surface area contributed by atoms with Gasteiger partial charge in [-0.05, 0) is 72.9 Å². The summed E-state index contributed by atoms with van der Waals surface area (Å²) in [6, 6.07) is 9.88. The van der Waals surface area contributed by atoms with Crippen molar-refractivity contribution in [1.29, 1.82) is 0 Å². The second-order valence-corrected chi connectivity index (χ2v) is 10.5. The molecule has 2 N–H and O–H groups in total. The van der Waals surface area contributed by atoms with Gasteiger partial charge in [-0.2, -0.15) is 0 Å². The van der Waals surface area contributed by atoms with Crippen LogP contribution in [0.2, 0.25) is 0 Å². The van der Waals surface area contributed by atoms with E-state index in [-0.39, 0.29) is 21.3 Å². The summed E-state index contributed by atoms with van der Waals surface area (Å²) in [6.45, 7) is 0. The number of benzene rings is 2. The molecule has 0 aliphatic heterocycles. The van der Waals surface area contributed by atoms with Crippen LogP contribution in [-0.2, 0) is 9.84 Å². The van der Waals surface area contributed by atoms with Crippen molar-refractivity contribution >= 4 is 9.84 Å². The molecule has 0 heterocycles. The summed E-state index contributed by atoms with van der Waals surface area (Å²) < 4.78 is 26.9. The van der Waals surface area contributed by atoms with Crippen LogP contribution in [0.4, 0.5) is 0 Å². The normalized spacial score (nSPS) is 19.3. The van der Waals surface area contributed by atoms with Gasteiger partial charge in [0.25, 0.3) is 0 Å². The molecule has 4 nitrogen and oxygen atoms in total. The predicted octanol–water partition coefficient (Wildman–Crippen LogP) is 6.03. The van der Waals surface area contributed by atoms with Crippen LogP contribution in [0.25, 0.3) is 0 Å². The monoisotopic (exact) mass is 414 g/mol. The molecule has 0 unspecified atom stereocenters. The van der Waals surface area contributed by atoms with E-state index in [9.17, 15) is 18.6 Å². The average Bonchev–Trinajstić information content (AvgIpc) is 2.75. The molecule has 0 spiro atoms. The van der Waals surface area contributed by atoms with Gasteiger partial charge in [0.1, 0.15) is 21.3 Å². The Hall–Kier alpha value is -2.01. The number of aromatic hydroxyl groups is 2. The van der Waals surface area contributed by atoms with Gasteiger partial charge in [0.15, 0.2) is 0 Å². The van der Waals surface area contributed by atoms with E-state index in [4.69, 9.17) is 0 Å². The summed E-state index contributed by atoms with van der Waals surface area (Å²) in [5, 5.41) is 20.8. The van der Waals surface area contributed by atoms with E-state index in [2.05, 4.69) is 0 Å². The molecule has 0 atom stereocenters. The Kier molecular flexibility index (Phi) is 5.86. The lowest BCUT2D eigenvalue weighted by Gasteiger charge is -2.23. The van der Waals surface area contributed by atoms with Crippen molar-refractivity contribution in [3.05, 3.63) is 47.5 Å². The van der Waals surface area contributed by atoms with Gasteiger partial charge in [-0.1, -0.05) is 50.7 Å². The number of phenolic OH excluding ortho intramolecular Hbond substituents is 2. The van der Waals surface area contributed by atoms with Gasteiger partial charge < -0.3 is 10.2 Å². The van der Waals surface area contributed by atoms with E-state index in [1.807, 2.05) is 12.1 Å². The topological polar surface area (TPSA) is 74.6 Å². The highest BCUT2D eigenvalue weighted by Crippen LogP contribution is 2.40. The third-order valence-corrected chi connectivity index (χ3v) is 8.51. The summed E-state index contributed by atoms with van der Waals surface area (Å²) in [5.74, 6) is 0.153. The largest absolute Gasteiger partial charge is 0.507 e. The predicted molar refractivity (Wildman–Crippen MR) is 113 cm³/mol. The van der Waals surface area contributed by atoms with E-state index in [1.54, 1.807) is 12.1 Å². The number of phenols is 2. The molecule has 156 valence electrons. The molecule has 29 heavy (non-hydrogen) atoms. The molecule has 0 amide bonds. The van der Waals surface area contributed by atoms with Crippen LogP contribution >= 0.6 is 0 Å². The lowest BCUT2D eigenvalue weighted by molar-refractivity contribution is 0.435. The Morgan fingerprint density at radius 1 is 0.621 bits per heavy atom. The van der Waals surface area contributed by atoms with E-state index in [0.29, 0.717) is 11.8 Å². The summed E-state index contributed by atoms with van der Waals surface area (Å²) in [5.41, 5.74) is 1.92. The molecular formula is C24H30O4S. The maximum absolute atomic E-state index is 13.4. The summed E-state index contributed by atoms with van der Waals surface area (Å²) in [6.07, 6.45) is 11.2. The molecule has 0 radical (unpaired) electrons. The fraction of sp³-hybridized carbons (Fsp3) is 0.500. The van der Waals surface area contributed by atoms with Crippen LogP contribution in [0.1, 0.15) is 87.2 Å². The molecule has 2 aromatic rings. The Labute approximate surface area is 173 Å². The lowest BCUT2D eigenvalue weighted by atomic mass is 9.84. The fourth-order valence-corrected chi connectivity index (χ4v) is 6.50. The maximum Gasteiger partial charge on any atom is 0.213 e. The number of hydrogen-bond donors (Lipinski definition) is 2. The SMILES string of the molecule is O=S(=O)(c1cc(C2CCCCC2)ccc1O)c1cc(C2CCCCC2)ccc1O.